The van der Waals surface area contributed by atoms with E-state index in [4.69, 9.17) is 4.74 Å². The van der Waals surface area contributed by atoms with Gasteiger partial charge >= 0.3 is 0 Å². The summed E-state index contributed by atoms with van der Waals surface area (Å²) in [5.74, 6) is 1.82. The van der Waals surface area contributed by atoms with Crippen molar-refractivity contribution in [1.29, 1.82) is 0 Å². The zero-order chi connectivity index (χ0) is 13.1. The molecule has 0 unspecified atom stereocenters. The number of amides is 1. The Kier molecular flexibility index (Phi) is 3.67. The Bertz CT molecular complexity index is 431. The van der Waals surface area contributed by atoms with Gasteiger partial charge in [-0.15, -0.1) is 0 Å². The number of carbonyl (C=O) groups excluding carboxylic acids is 1. The zero-order valence-corrected chi connectivity index (χ0v) is 11.1. The molecule has 1 aromatic heterocycles. The highest BCUT2D eigenvalue weighted by Gasteiger charge is 2.30. The van der Waals surface area contributed by atoms with Gasteiger partial charge in [-0.2, -0.15) is 0 Å². The lowest BCUT2D eigenvalue weighted by atomic mass is 10.1. The van der Waals surface area contributed by atoms with Crippen molar-refractivity contribution >= 4 is 5.91 Å². The molecular weight excluding hydrogens is 240 g/mol. The molecule has 1 saturated heterocycles. The van der Waals surface area contributed by atoms with Gasteiger partial charge in [0, 0.05) is 25.4 Å². The minimum Gasteiger partial charge on any atom is -0.488 e. The third kappa shape index (κ3) is 3.46. The highest BCUT2D eigenvalue weighted by Crippen LogP contribution is 2.33. The SMILES string of the molecule is O=C(CC1CC1)N1CCC[C@@H](Oc2ccncc2)C1. The zero-order valence-electron chi connectivity index (χ0n) is 11.1. The van der Waals surface area contributed by atoms with Crippen molar-refractivity contribution in [3.63, 3.8) is 0 Å². The molecule has 19 heavy (non-hydrogen) atoms. The van der Waals surface area contributed by atoms with Crippen LogP contribution in [-0.4, -0.2) is 35.0 Å². The minimum atomic E-state index is 0.124. The molecule has 3 rings (SSSR count). The molecule has 1 amide bonds. The van der Waals surface area contributed by atoms with Crippen LogP contribution in [0.25, 0.3) is 0 Å². The molecule has 2 aliphatic rings. The van der Waals surface area contributed by atoms with Gasteiger partial charge < -0.3 is 9.64 Å². The minimum absolute atomic E-state index is 0.124. The summed E-state index contributed by atoms with van der Waals surface area (Å²) in [5, 5.41) is 0. The van der Waals surface area contributed by atoms with Crippen LogP contribution in [0.3, 0.4) is 0 Å². The van der Waals surface area contributed by atoms with Crippen LogP contribution in [-0.2, 0) is 4.79 Å². The summed E-state index contributed by atoms with van der Waals surface area (Å²) in [7, 11) is 0. The molecule has 4 nitrogen and oxygen atoms in total. The summed E-state index contributed by atoms with van der Waals surface area (Å²) in [6, 6.07) is 3.73. The molecule has 0 radical (unpaired) electrons. The fraction of sp³-hybridized carbons (Fsp3) is 0.600. The van der Waals surface area contributed by atoms with Gasteiger partial charge in [0.1, 0.15) is 11.9 Å². The smallest absolute Gasteiger partial charge is 0.222 e. The van der Waals surface area contributed by atoms with E-state index in [1.54, 1.807) is 12.4 Å². The van der Waals surface area contributed by atoms with Gasteiger partial charge in [-0.05, 0) is 43.7 Å². The summed E-state index contributed by atoms with van der Waals surface area (Å²) in [6.07, 6.45) is 8.85. The standard InChI is InChI=1S/C15H20N2O2/c18-15(10-12-3-4-12)17-9-1-2-14(11-17)19-13-5-7-16-8-6-13/h5-8,12,14H,1-4,9-11H2/t14-/m1/s1. The molecule has 4 heteroatoms. The summed E-state index contributed by atoms with van der Waals surface area (Å²) < 4.78 is 5.92. The highest BCUT2D eigenvalue weighted by atomic mass is 16.5. The molecule has 0 spiro atoms. The van der Waals surface area contributed by atoms with Gasteiger partial charge in [0.15, 0.2) is 0 Å². The normalized spacial score (nSPS) is 23.2. The van der Waals surface area contributed by atoms with Crippen molar-refractivity contribution in [3.05, 3.63) is 24.5 Å². The summed E-state index contributed by atoms with van der Waals surface area (Å²) in [5.41, 5.74) is 0. The van der Waals surface area contributed by atoms with E-state index in [1.165, 1.54) is 12.8 Å². The van der Waals surface area contributed by atoms with Gasteiger partial charge in [0.05, 0.1) is 6.54 Å². The van der Waals surface area contributed by atoms with Crippen molar-refractivity contribution in [2.75, 3.05) is 13.1 Å². The van der Waals surface area contributed by atoms with E-state index in [1.807, 2.05) is 17.0 Å². The van der Waals surface area contributed by atoms with Crippen LogP contribution < -0.4 is 4.74 Å². The van der Waals surface area contributed by atoms with Gasteiger partial charge in [-0.3, -0.25) is 9.78 Å². The van der Waals surface area contributed by atoms with Gasteiger partial charge in [0.25, 0.3) is 0 Å². The number of pyridine rings is 1. The summed E-state index contributed by atoms with van der Waals surface area (Å²) in [6.45, 7) is 1.62. The lowest BCUT2D eigenvalue weighted by Gasteiger charge is -2.33. The number of piperidine rings is 1. The second kappa shape index (κ2) is 5.59. The third-order valence-electron chi connectivity index (χ3n) is 3.84. The van der Waals surface area contributed by atoms with Crippen LogP contribution in [0.2, 0.25) is 0 Å². The number of carbonyl (C=O) groups is 1. The lowest BCUT2D eigenvalue weighted by molar-refractivity contribution is -0.134. The molecule has 1 aliphatic heterocycles. The number of aromatic nitrogens is 1. The van der Waals surface area contributed by atoms with E-state index in [9.17, 15) is 4.79 Å². The predicted octanol–water partition coefficient (Wildman–Crippen LogP) is 2.25. The van der Waals surface area contributed by atoms with Crippen LogP contribution in [0.5, 0.6) is 5.75 Å². The number of ether oxygens (including phenoxy) is 1. The van der Waals surface area contributed by atoms with Crippen molar-refractivity contribution in [2.24, 2.45) is 5.92 Å². The molecule has 0 bridgehead atoms. The number of likely N-dealkylation sites (tertiary alicyclic amines) is 1. The molecular formula is C15H20N2O2. The third-order valence-corrected chi connectivity index (χ3v) is 3.84. The first kappa shape index (κ1) is 12.5. The average molecular weight is 260 g/mol. The van der Waals surface area contributed by atoms with Crippen molar-refractivity contribution in [1.82, 2.24) is 9.88 Å². The molecule has 1 aliphatic carbocycles. The average Bonchev–Trinajstić information content (AvgIpc) is 3.24. The van der Waals surface area contributed by atoms with Crippen LogP contribution >= 0.6 is 0 Å². The molecule has 2 heterocycles. The number of rotatable bonds is 4. The number of nitrogens with zero attached hydrogens (tertiary/aromatic N) is 2. The number of hydrogen-bond acceptors (Lipinski definition) is 3. The molecule has 102 valence electrons. The lowest BCUT2D eigenvalue weighted by Crippen LogP contribution is -2.44. The second-order valence-corrected chi connectivity index (χ2v) is 5.55. The molecule has 0 N–H and O–H groups in total. The second-order valence-electron chi connectivity index (χ2n) is 5.55. The predicted molar refractivity (Wildman–Crippen MR) is 71.8 cm³/mol. The maximum absolute atomic E-state index is 12.1. The monoisotopic (exact) mass is 260 g/mol. The molecule has 1 aromatic rings. The Balaban J connectivity index is 1.53. The van der Waals surface area contributed by atoms with Crippen LogP contribution in [0.4, 0.5) is 0 Å². The first-order valence-electron chi connectivity index (χ1n) is 7.16. The van der Waals surface area contributed by atoms with Crippen LogP contribution in [0, 0.1) is 5.92 Å². The van der Waals surface area contributed by atoms with Crippen LogP contribution in [0.15, 0.2) is 24.5 Å². The summed E-state index contributed by atoms with van der Waals surface area (Å²) >= 11 is 0. The van der Waals surface area contributed by atoms with E-state index in [0.29, 0.717) is 11.8 Å². The number of hydrogen-bond donors (Lipinski definition) is 0. The van der Waals surface area contributed by atoms with Gasteiger partial charge in [-0.25, -0.2) is 0 Å². The van der Waals surface area contributed by atoms with Crippen molar-refractivity contribution in [2.45, 2.75) is 38.2 Å². The Labute approximate surface area is 113 Å². The molecule has 0 aromatic carbocycles. The van der Waals surface area contributed by atoms with Crippen molar-refractivity contribution < 1.29 is 9.53 Å². The summed E-state index contributed by atoms with van der Waals surface area (Å²) in [4.78, 5) is 18.1. The fourth-order valence-corrected chi connectivity index (χ4v) is 2.57. The largest absolute Gasteiger partial charge is 0.488 e. The maximum atomic E-state index is 12.1. The van der Waals surface area contributed by atoms with Gasteiger partial charge in [-0.1, -0.05) is 0 Å². The highest BCUT2D eigenvalue weighted by molar-refractivity contribution is 5.76. The Hall–Kier alpha value is -1.58. The molecule has 1 saturated carbocycles. The first-order chi connectivity index (χ1) is 9.31. The fourth-order valence-electron chi connectivity index (χ4n) is 2.57. The van der Waals surface area contributed by atoms with E-state index in [0.717, 1.165) is 38.1 Å². The quantitative estimate of drug-likeness (QED) is 0.834. The Morgan fingerprint density at radius 3 is 2.84 bits per heavy atom. The van der Waals surface area contributed by atoms with Crippen LogP contribution in [0.1, 0.15) is 32.1 Å². The van der Waals surface area contributed by atoms with E-state index < -0.39 is 0 Å². The van der Waals surface area contributed by atoms with E-state index in [-0.39, 0.29) is 6.10 Å². The van der Waals surface area contributed by atoms with Crippen molar-refractivity contribution in [3.8, 4) is 5.75 Å². The van der Waals surface area contributed by atoms with E-state index in [2.05, 4.69) is 4.98 Å². The Morgan fingerprint density at radius 2 is 2.11 bits per heavy atom. The van der Waals surface area contributed by atoms with E-state index >= 15 is 0 Å². The first-order valence-corrected chi connectivity index (χ1v) is 7.16. The molecule has 1 atom stereocenters. The molecule has 2 fully saturated rings. The van der Waals surface area contributed by atoms with Gasteiger partial charge in [0.2, 0.25) is 5.91 Å². The topological polar surface area (TPSA) is 42.4 Å². The maximum Gasteiger partial charge on any atom is 0.222 e. The Morgan fingerprint density at radius 1 is 1.32 bits per heavy atom.